The largest absolute Gasteiger partial charge is 0.394 e. The van der Waals surface area contributed by atoms with Gasteiger partial charge in [0, 0.05) is 6.61 Å². The molecule has 84 valence electrons. The van der Waals surface area contributed by atoms with E-state index in [4.69, 9.17) is 19.7 Å². The van der Waals surface area contributed by atoms with E-state index in [1.54, 1.807) is 6.92 Å². The van der Waals surface area contributed by atoms with Crippen LogP contribution in [0.1, 0.15) is 6.92 Å². The molecule has 1 aliphatic heterocycles. The van der Waals surface area contributed by atoms with Crippen LogP contribution < -0.4 is 0 Å². The Morgan fingerprint density at radius 2 is 2.00 bits per heavy atom. The smallest absolute Gasteiger partial charge is 0.221 e. The number of hydrogen-bond donors (Lipinski definition) is 4. The van der Waals surface area contributed by atoms with Crippen LogP contribution in [-0.2, 0) is 9.47 Å². The van der Waals surface area contributed by atoms with Crippen molar-refractivity contribution in [2.45, 2.75) is 31.0 Å². The summed E-state index contributed by atoms with van der Waals surface area (Å²) in [5, 5.41) is 36.9. The molecule has 14 heavy (non-hydrogen) atoms. The highest BCUT2D eigenvalue weighted by Crippen LogP contribution is 2.31. The third-order valence-electron chi connectivity index (χ3n) is 2.29. The summed E-state index contributed by atoms with van der Waals surface area (Å²) in [4.78, 5) is 0. The Balaban J connectivity index is 2.78. The SMILES string of the molecule is CCO[C@@]1(CO)O[C@H](CO)[C@@H](O)[C@@H]1O. The molecule has 6 nitrogen and oxygen atoms in total. The third kappa shape index (κ3) is 1.77. The molecule has 0 saturated carbocycles. The molecule has 0 aliphatic carbocycles. The second-order valence-electron chi connectivity index (χ2n) is 3.18. The van der Waals surface area contributed by atoms with Crippen molar-refractivity contribution in [2.24, 2.45) is 0 Å². The van der Waals surface area contributed by atoms with Crippen molar-refractivity contribution >= 4 is 0 Å². The predicted molar refractivity (Wildman–Crippen MR) is 45.4 cm³/mol. The number of rotatable bonds is 4. The normalized spacial score (nSPS) is 43.1. The Kier molecular flexibility index (Phi) is 3.82. The van der Waals surface area contributed by atoms with Crippen molar-refractivity contribution in [3.05, 3.63) is 0 Å². The van der Waals surface area contributed by atoms with Crippen LogP contribution in [0.3, 0.4) is 0 Å². The Morgan fingerprint density at radius 1 is 1.36 bits per heavy atom. The molecule has 0 unspecified atom stereocenters. The van der Waals surface area contributed by atoms with Gasteiger partial charge in [-0.3, -0.25) is 0 Å². The molecule has 0 spiro atoms. The lowest BCUT2D eigenvalue weighted by Crippen LogP contribution is -2.48. The third-order valence-corrected chi connectivity index (χ3v) is 2.29. The van der Waals surface area contributed by atoms with Crippen molar-refractivity contribution in [3.63, 3.8) is 0 Å². The molecule has 0 aromatic rings. The first-order valence-corrected chi connectivity index (χ1v) is 4.51. The summed E-state index contributed by atoms with van der Waals surface area (Å²) in [6.45, 7) is 0.886. The van der Waals surface area contributed by atoms with E-state index >= 15 is 0 Å². The van der Waals surface area contributed by atoms with E-state index in [9.17, 15) is 10.2 Å². The Bertz CT molecular complexity index is 187. The fraction of sp³-hybridized carbons (Fsp3) is 1.00. The van der Waals surface area contributed by atoms with Crippen LogP contribution in [0.5, 0.6) is 0 Å². The topological polar surface area (TPSA) is 99.4 Å². The zero-order valence-corrected chi connectivity index (χ0v) is 7.96. The lowest BCUT2D eigenvalue weighted by Gasteiger charge is -2.29. The molecular formula is C8H16O6. The van der Waals surface area contributed by atoms with E-state index in [2.05, 4.69) is 0 Å². The molecule has 0 bridgehead atoms. The first-order valence-electron chi connectivity index (χ1n) is 4.51. The van der Waals surface area contributed by atoms with Gasteiger partial charge in [0.2, 0.25) is 5.79 Å². The van der Waals surface area contributed by atoms with Crippen molar-refractivity contribution in [1.29, 1.82) is 0 Å². The van der Waals surface area contributed by atoms with Gasteiger partial charge in [-0.1, -0.05) is 0 Å². The van der Waals surface area contributed by atoms with Gasteiger partial charge in [-0.25, -0.2) is 0 Å². The average molecular weight is 208 g/mol. The standard InChI is InChI=1S/C8H16O6/c1-2-13-8(4-10)7(12)6(11)5(3-9)14-8/h5-7,9-12H,2-4H2,1H3/t5-,6-,7+,8+/m1/s1. The summed E-state index contributed by atoms with van der Waals surface area (Å²) in [7, 11) is 0. The fourth-order valence-corrected chi connectivity index (χ4v) is 1.54. The van der Waals surface area contributed by atoms with Gasteiger partial charge in [-0.15, -0.1) is 0 Å². The molecule has 0 aromatic carbocycles. The van der Waals surface area contributed by atoms with E-state index in [-0.39, 0.29) is 6.61 Å². The number of ether oxygens (including phenoxy) is 2. The zero-order chi connectivity index (χ0) is 10.8. The second-order valence-corrected chi connectivity index (χ2v) is 3.18. The molecule has 0 aromatic heterocycles. The van der Waals surface area contributed by atoms with Gasteiger partial charge in [0.15, 0.2) is 0 Å². The van der Waals surface area contributed by atoms with Crippen LogP contribution in [-0.4, -0.2) is 64.3 Å². The molecule has 1 fully saturated rings. The first kappa shape index (κ1) is 11.8. The van der Waals surface area contributed by atoms with Crippen LogP contribution in [0.2, 0.25) is 0 Å². The Hall–Kier alpha value is -0.240. The first-order chi connectivity index (χ1) is 6.61. The number of hydrogen-bond acceptors (Lipinski definition) is 6. The van der Waals surface area contributed by atoms with E-state index in [0.29, 0.717) is 0 Å². The maximum atomic E-state index is 9.57. The molecule has 4 atom stereocenters. The minimum atomic E-state index is -1.61. The fourth-order valence-electron chi connectivity index (χ4n) is 1.54. The van der Waals surface area contributed by atoms with Crippen molar-refractivity contribution < 1.29 is 29.9 Å². The highest BCUT2D eigenvalue weighted by Gasteiger charge is 2.54. The maximum absolute atomic E-state index is 9.57. The van der Waals surface area contributed by atoms with Crippen LogP contribution >= 0.6 is 0 Å². The van der Waals surface area contributed by atoms with Gasteiger partial charge >= 0.3 is 0 Å². The van der Waals surface area contributed by atoms with Crippen molar-refractivity contribution in [2.75, 3.05) is 19.8 Å². The minimum Gasteiger partial charge on any atom is -0.394 e. The summed E-state index contributed by atoms with van der Waals surface area (Å²) in [6.07, 6.45) is -3.54. The van der Waals surface area contributed by atoms with Gasteiger partial charge < -0.3 is 29.9 Å². The van der Waals surface area contributed by atoms with E-state index in [0.717, 1.165) is 0 Å². The second kappa shape index (κ2) is 4.52. The van der Waals surface area contributed by atoms with Crippen LogP contribution in [0.4, 0.5) is 0 Å². The zero-order valence-electron chi connectivity index (χ0n) is 7.96. The molecule has 1 rings (SSSR count). The quantitative estimate of drug-likeness (QED) is 0.419. The Labute approximate surface area is 81.7 Å². The van der Waals surface area contributed by atoms with Crippen molar-refractivity contribution in [1.82, 2.24) is 0 Å². The average Bonchev–Trinajstić information content (AvgIpc) is 2.44. The summed E-state index contributed by atoms with van der Waals surface area (Å²) in [6, 6.07) is 0. The van der Waals surface area contributed by atoms with E-state index < -0.39 is 37.3 Å². The molecule has 1 aliphatic rings. The van der Waals surface area contributed by atoms with Crippen LogP contribution in [0, 0.1) is 0 Å². The van der Waals surface area contributed by atoms with Gasteiger partial charge in [0.05, 0.1) is 6.61 Å². The summed E-state index contributed by atoms with van der Waals surface area (Å²) in [5.41, 5.74) is 0. The molecule has 0 radical (unpaired) electrons. The van der Waals surface area contributed by atoms with E-state index in [1.807, 2.05) is 0 Å². The summed E-state index contributed by atoms with van der Waals surface area (Å²) in [5.74, 6) is -1.61. The molecule has 6 heteroatoms. The Morgan fingerprint density at radius 3 is 2.36 bits per heavy atom. The monoisotopic (exact) mass is 208 g/mol. The predicted octanol–water partition coefficient (Wildman–Crippen LogP) is -2.18. The van der Waals surface area contributed by atoms with Gasteiger partial charge in [0.1, 0.15) is 24.9 Å². The molecule has 1 heterocycles. The van der Waals surface area contributed by atoms with Gasteiger partial charge in [-0.05, 0) is 6.92 Å². The van der Waals surface area contributed by atoms with Crippen LogP contribution in [0.15, 0.2) is 0 Å². The van der Waals surface area contributed by atoms with Crippen LogP contribution in [0.25, 0.3) is 0 Å². The molecular weight excluding hydrogens is 192 g/mol. The summed E-state index contributed by atoms with van der Waals surface area (Å²) >= 11 is 0. The number of aliphatic hydroxyl groups is 4. The molecule has 4 N–H and O–H groups in total. The van der Waals surface area contributed by atoms with Gasteiger partial charge in [0.25, 0.3) is 0 Å². The highest BCUT2D eigenvalue weighted by atomic mass is 16.7. The molecule has 1 saturated heterocycles. The maximum Gasteiger partial charge on any atom is 0.221 e. The van der Waals surface area contributed by atoms with Gasteiger partial charge in [-0.2, -0.15) is 0 Å². The highest BCUT2D eigenvalue weighted by molar-refractivity contribution is 4.96. The minimum absolute atomic E-state index is 0.225. The summed E-state index contributed by atoms with van der Waals surface area (Å²) < 4.78 is 10.2. The number of aliphatic hydroxyl groups excluding tert-OH is 4. The lowest BCUT2D eigenvalue weighted by molar-refractivity contribution is -0.274. The molecule has 0 amide bonds. The van der Waals surface area contributed by atoms with Crippen molar-refractivity contribution in [3.8, 4) is 0 Å². The van der Waals surface area contributed by atoms with E-state index in [1.165, 1.54) is 0 Å². The lowest BCUT2D eigenvalue weighted by atomic mass is 10.1.